The van der Waals surface area contributed by atoms with E-state index >= 15 is 0 Å². The zero-order chi connectivity index (χ0) is 22.7. The molecule has 1 aromatic carbocycles. The minimum atomic E-state index is -2.58. The molecule has 0 amide bonds. The van der Waals surface area contributed by atoms with Crippen molar-refractivity contribution >= 4 is 0 Å². The largest absolute Gasteiger partial charge is 0.507 e. The van der Waals surface area contributed by atoms with Gasteiger partial charge in [0, 0.05) is 27.0 Å². The summed E-state index contributed by atoms with van der Waals surface area (Å²) in [6.45, 7) is 3.06. The van der Waals surface area contributed by atoms with Crippen LogP contribution in [0.4, 0.5) is 0 Å². The van der Waals surface area contributed by atoms with Crippen molar-refractivity contribution in [1.29, 1.82) is 0 Å². The number of phenols is 1. The number of benzene rings is 1. The monoisotopic (exact) mass is 321 g/mol. The Labute approximate surface area is 150 Å². The Kier molecular flexibility index (Phi) is 2.64. The van der Waals surface area contributed by atoms with E-state index in [0.717, 1.165) is 6.42 Å². The maximum absolute atomic E-state index is 10.8. The van der Waals surface area contributed by atoms with E-state index in [9.17, 15) is 5.11 Å². The first-order valence-electron chi connectivity index (χ1n) is 11.9. The Bertz CT molecular complexity index is 856. The van der Waals surface area contributed by atoms with Crippen LogP contribution in [0.3, 0.4) is 0 Å². The normalized spacial score (nSPS) is 33.0. The second-order valence-corrected chi connectivity index (χ2v) is 6.99. The number of allylic oxidation sites excluding steroid dienone is 2. The average molecular weight is 322 g/mol. The molecule has 0 spiro atoms. The summed E-state index contributed by atoms with van der Waals surface area (Å²) >= 11 is 0. The average Bonchev–Trinajstić information content (AvgIpc) is 2.57. The van der Waals surface area contributed by atoms with Crippen LogP contribution in [0.1, 0.15) is 86.3 Å². The Morgan fingerprint density at radius 2 is 2.26 bits per heavy atom. The fourth-order valence-electron chi connectivity index (χ4n) is 3.57. The van der Waals surface area contributed by atoms with Gasteiger partial charge in [0.05, 0.1) is 0 Å². The van der Waals surface area contributed by atoms with E-state index in [1.807, 2.05) is 20.8 Å². The van der Waals surface area contributed by atoms with E-state index in [4.69, 9.17) is 14.3 Å². The Morgan fingerprint density at radius 3 is 3.00 bits per heavy atom. The van der Waals surface area contributed by atoms with Crippen LogP contribution in [-0.2, 0) is 6.37 Å². The van der Waals surface area contributed by atoms with Crippen LogP contribution >= 0.6 is 0 Å². The molecule has 3 rings (SSSR count). The van der Waals surface area contributed by atoms with Gasteiger partial charge in [-0.25, -0.2) is 0 Å². The number of fused-ring (bicyclic) bond motifs is 3. The minimum Gasteiger partial charge on any atom is -0.507 e. The molecule has 2 heteroatoms. The third kappa shape index (κ3) is 3.13. The molecule has 0 unspecified atom stereocenters. The molecule has 2 nitrogen and oxygen atoms in total. The second-order valence-electron chi connectivity index (χ2n) is 6.99. The van der Waals surface area contributed by atoms with Gasteiger partial charge in [-0.1, -0.05) is 31.4 Å². The molecule has 1 aromatic rings. The molecule has 0 radical (unpaired) electrons. The first-order valence-corrected chi connectivity index (χ1v) is 8.39. The summed E-state index contributed by atoms with van der Waals surface area (Å²) in [6, 6.07) is 3.01. The molecule has 23 heavy (non-hydrogen) atoms. The molecular weight excluding hydrogens is 284 g/mol. The first-order chi connectivity index (χ1) is 13.6. The van der Waals surface area contributed by atoms with Crippen LogP contribution in [0, 0.1) is 5.92 Å². The summed E-state index contributed by atoms with van der Waals surface area (Å²) in [5, 5.41) is 10.8. The van der Waals surface area contributed by atoms with Gasteiger partial charge in [0.15, 0.2) is 0 Å². The van der Waals surface area contributed by atoms with Crippen LogP contribution < -0.4 is 4.74 Å². The number of rotatable bonds is 4. The van der Waals surface area contributed by atoms with Crippen molar-refractivity contribution in [3.8, 4) is 11.5 Å². The standard InChI is InChI=1S/C21H30O2/c1-5-6-7-8-15-12-18(22)20-16-11-14(2)9-10-17(16)21(3,4)23-19(20)13-15/h11-13,16-17,22H,5-10H2,1-4H3/t16-,17-/m1/s1/i2D3,8D2,9D2. The van der Waals surface area contributed by atoms with Gasteiger partial charge in [-0.3, -0.25) is 0 Å². The van der Waals surface area contributed by atoms with Crippen molar-refractivity contribution < 1.29 is 19.4 Å². The van der Waals surface area contributed by atoms with Gasteiger partial charge in [0.1, 0.15) is 17.1 Å². The number of aryl methyl sites for hydroxylation is 1. The van der Waals surface area contributed by atoms with Gasteiger partial charge in [-0.15, -0.1) is 0 Å². The maximum atomic E-state index is 10.8. The number of phenolic OH excluding ortho intramolecular Hbond substituents is 1. The van der Waals surface area contributed by atoms with Crippen molar-refractivity contribution in [1.82, 2.24) is 0 Å². The lowest BCUT2D eigenvalue weighted by Crippen LogP contribution is -2.45. The van der Waals surface area contributed by atoms with Crippen LogP contribution in [0.15, 0.2) is 23.8 Å². The molecule has 2 atom stereocenters. The van der Waals surface area contributed by atoms with Crippen LogP contribution in [-0.4, -0.2) is 10.7 Å². The van der Waals surface area contributed by atoms with Crippen molar-refractivity contribution in [2.24, 2.45) is 5.92 Å². The molecule has 0 saturated heterocycles. The number of hydrogen-bond donors (Lipinski definition) is 1. The molecule has 0 fully saturated rings. The topological polar surface area (TPSA) is 29.5 Å². The molecule has 0 saturated carbocycles. The summed E-state index contributed by atoms with van der Waals surface area (Å²) in [7, 11) is 0. The van der Waals surface area contributed by atoms with E-state index in [0.29, 0.717) is 29.7 Å². The quantitative estimate of drug-likeness (QED) is 0.717. The lowest BCUT2D eigenvalue weighted by Gasteiger charge is -2.46. The van der Waals surface area contributed by atoms with Gasteiger partial charge >= 0.3 is 0 Å². The molecule has 126 valence electrons. The summed E-state index contributed by atoms with van der Waals surface area (Å²) in [5.41, 5.74) is -0.330. The number of ether oxygens (including phenoxy) is 1. The van der Waals surface area contributed by atoms with E-state index in [1.54, 1.807) is 6.07 Å². The molecule has 0 aromatic heterocycles. The molecule has 0 bridgehead atoms. The molecule has 1 aliphatic carbocycles. The summed E-state index contributed by atoms with van der Waals surface area (Å²) < 4.78 is 63.0. The van der Waals surface area contributed by atoms with Gasteiger partial charge in [0.2, 0.25) is 0 Å². The van der Waals surface area contributed by atoms with Crippen molar-refractivity contribution in [3.63, 3.8) is 0 Å². The first kappa shape index (κ1) is 9.76. The van der Waals surface area contributed by atoms with Crippen LogP contribution in [0.5, 0.6) is 11.5 Å². The zero-order valence-electron chi connectivity index (χ0n) is 21.1. The smallest absolute Gasteiger partial charge is 0.127 e. The summed E-state index contributed by atoms with van der Waals surface area (Å²) in [6.07, 6.45) is -0.340. The predicted octanol–water partition coefficient (Wildman–Crippen LogP) is 5.74. The molecular formula is C21H30O2. The van der Waals surface area contributed by atoms with Gasteiger partial charge in [-0.05, 0) is 64.0 Å². The fraction of sp³-hybridized carbons (Fsp3) is 0.619. The van der Waals surface area contributed by atoms with Gasteiger partial charge in [-0.2, -0.15) is 0 Å². The number of unbranched alkanes of at least 4 members (excludes halogenated alkanes) is 1. The van der Waals surface area contributed by atoms with Gasteiger partial charge < -0.3 is 9.84 Å². The maximum Gasteiger partial charge on any atom is 0.127 e. The minimum absolute atomic E-state index is 0.0349. The Hall–Kier alpha value is -1.44. The van der Waals surface area contributed by atoms with Crippen molar-refractivity contribution in [2.45, 2.75) is 77.6 Å². The number of hydrogen-bond acceptors (Lipinski definition) is 2. The van der Waals surface area contributed by atoms with E-state index in [-0.39, 0.29) is 23.7 Å². The lowest BCUT2D eigenvalue weighted by atomic mass is 9.68. The summed E-state index contributed by atoms with van der Waals surface area (Å²) in [5.74, 6) is -0.713. The molecule has 1 heterocycles. The third-order valence-electron chi connectivity index (χ3n) is 4.87. The highest BCUT2D eigenvalue weighted by Crippen LogP contribution is 2.53. The fourth-order valence-corrected chi connectivity index (χ4v) is 3.57. The third-order valence-corrected chi connectivity index (χ3v) is 4.87. The zero-order valence-corrected chi connectivity index (χ0v) is 14.1. The van der Waals surface area contributed by atoms with Crippen LogP contribution in [0.25, 0.3) is 0 Å². The predicted molar refractivity (Wildman–Crippen MR) is 95.3 cm³/mol. The number of aromatic hydroxyl groups is 1. The molecule has 1 aliphatic heterocycles. The molecule has 2 aliphatic rings. The SMILES string of the molecule is [2H]C([2H])([2H])C1=C[C@H]2c3c(O)cc(C([2H])([2H])CCCC)cc3OC(C)(C)[C@@H]2CC1([2H])[2H]. The molecule has 1 N–H and O–H groups in total. The van der Waals surface area contributed by atoms with E-state index in [2.05, 4.69) is 0 Å². The van der Waals surface area contributed by atoms with E-state index < -0.39 is 31.1 Å². The van der Waals surface area contributed by atoms with Crippen molar-refractivity contribution in [2.75, 3.05) is 0 Å². The Balaban J connectivity index is 2.17. The second kappa shape index (κ2) is 6.22. The van der Waals surface area contributed by atoms with Crippen LogP contribution in [0.2, 0.25) is 0 Å². The lowest BCUT2D eigenvalue weighted by molar-refractivity contribution is 0.0107. The summed E-state index contributed by atoms with van der Waals surface area (Å²) in [4.78, 5) is 0. The Morgan fingerprint density at radius 1 is 1.43 bits per heavy atom. The highest BCUT2D eigenvalue weighted by atomic mass is 16.5. The highest BCUT2D eigenvalue weighted by molar-refractivity contribution is 5.53. The van der Waals surface area contributed by atoms with E-state index in [1.165, 1.54) is 12.1 Å². The van der Waals surface area contributed by atoms with Crippen molar-refractivity contribution in [3.05, 3.63) is 34.9 Å². The van der Waals surface area contributed by atoms with Gasteiger partial charge in [0.25, 0.3) is 0 Å². The highest BCUT2D eigenvalue weighted by Gasteiger charge is 2.45.